The summed E-state index contributed by atoms with van der Waals surface area (Å²) >= 11 is 5.89. The molecule has 2 heterocycles. The summed E-state index contributed by atoms with van der Waals surface area (Å²) in [5.41, 5.74) is 2.45. The molecule has 0 aliphatic carbocycles. The van der Waals surface area contributed by atoms with E-state index in [2.05, 4.69) is 45.3 Å². The van der Waals surface area contributed by atoms with Crippen molar-refractivity contribution in [3.05, 3.63) is 96.0 Å². The molecule has 0 saturated carbocycles. The Balaban J connectivity index is 1.99. The van der Waals surface area contributed by atoms with Crippen molar-refractivity contribution in [1.29, 1.82) is 0 Å². The van der Waals surface area contributed by atoms with Crippen LogP contribution >= 0.6 is 11.6 Å². The van der Waals surface area contributed by atoms with Crippen molar-refractivity contribution >= 4 is 28.9 Å². The molecule has 0 saturated heterocycles. The first-order chi connectivity index (χ1) is 15.5. The molecule has 166 valence electrons. The second kappa shape index (κ2) is 11.2. The van der Waals surface area contributed by atoms with Crippen molar-refractivity contribution in [2.75, 3.05) is 5.32 Å². The second-order valence-corrected chi connectivity index (χ2v) is 7.53. The fraction of sp³-hybridized carbons (Fsp3) is 0.208. The fourth-order valence-corrected chi connectivity index (χ4v) is 3.36. The van der Waals surface area contributed by atoms with Gasteiger partial charge in [0.2, 0.25) is 5.95 Å². The van der Waals surface area contributed by atoms with E-state index in [0.29, 0.717) is 5.95 Å². The van der Waals surface area contributed by atoms with E-state index < -0.39 is 5.82 Å². The lowest BCUT2D eigenvalue weighted by Gasteiger charge is -2.15. The molecule has 0 spiro atoms. The molecular weight excluding hydrogens is 427 g/mol. The van der Waals surface area contributed by atoms with Crippen molar-refractivity contribution in [3.8, 4) is 0 Å². The summed E-state index contributed by atoms with van der Waals surface area (Å²) in [7, 11) is 1.84. The highest BCUT2D eigenvalue weighted by Crippen LogP contribution is 2.30. The summed E-state index contributed by atoms with van der Waals surface area (Å²) in [6.07, 6.45) is 12.5. The Hall–Kier alpha value is -3.45. The zero-order valence-electron chi connectivity index (χ0n) is 18.1. The molecule has 2 N–H and O–H groups in total. The Kier molecular flexibility index (Phi) is 8.16. The number of allylic oxidation sites excluding steroid dienone is 3. The summed E-state index contributed by atoms with van der Waals surface area (Å²) in [5.74, 6) is 0.788. The number of aromatic nitrogens is 4. The molecule has 6 nitrogen and oxygen atoms in total. The molecule has 2 aromatic heterocycles. The molecule has 0 aliphatic rings. The first-order valence-corrected chi connectivity index (χ1v) is 10.7. The third-order valence-corrected chi connectivity index (χ3v) is 5.15. The van der Waals surface area contributed by atoms with Crippen LogP contribution in [-0.2, 0) is 7.05 Å². The van der Waals surface area contributed by atoms with Crippen LogP contribution in [0.5, 0.6) is 0 Å². The van der Waals surface area contributed by atoms with Gasteiger partial charge >= 0.3 is 0 Å². The maximum absolute atomic E-state index is 14.1. The maximum atomic E-state index is 14.1. The van der Waals surface area contributed by atoms with E-state index in [4.69, 9.17) is 11.6 Å². The minimum atomic E-state index is -0.422. The fourth-order valence-electron chi connectivity index (χ4n) is 3.24. The lowest BCUT2D eigenvalue weighted by molar-refractivity contribution is 0.621. The van der Waals surface area contributed by atoms with Gasteiger partial charge in [0.1, 0.15) is 11.6 Å². The average molecular weight is 453 g/mol. The van der Waals surface area contributed by atoms with Crippen molar-refractivity contribution in [2.45, 2.75) is 25.7 Å². The van der Waals surface area contributed by atoms with E-state index >= 15 is 0 Å². The number of hydrogen-bond donors (Lipinski definition) is 2. The highest BCUT2D eigenvalue weighted by Gasteiger charge is 2.13. The van der Waals surface area contributed by atoms with Gasteiger partial charge in [0.25, 0.3) is 0 Å². The van der Waals surface area contributed by atoms with Crippen LogP contribution in [0.4, 0.5) is 16.2 Å². The second-order valence-electron chi connectivity index (χ2n) is 7.13. The highest BCUT2D eigenvalue weighted by atomic mass is 35.5. The summed E-state index contributed by atoms with van der Waals surface area (Å²) in [6.45, 7) is 5.77. The number of benzene rings is 1. The largest absolute Gasteiger partial charge is 0.368 e. The van der Waals surface area contributed by atoms with Gasteiger partial charge in [-0.1, -0.05) is 43.7 Å². The van der Waals surface area contributed by atoms with Gasteiger partial charge in [-0.3, -0.25) is 4.68 Å². The number of nitrogens with one attached hydrogen (secondary N) is 2. The van der Waals surface area contributed by atoms with Gasteiger partial charge in [-0.15, -0.1) is 0 Å². The van der Waals surface area contributed by atoms with Crippen molar-refractivity contribution in [3.63, 3.8) is 0 Å². The molecule has 1 aromatic carbocycles. The van der Waals surface area contributed by atoms with E-state index in [1.165, 1.54) is 6.07 Å². The van der Waals surface area contributed by atoms with E-state index in [-0.39, 0.29) is 10.9 Å². The van der Waals surface area contributed by atoms with E-state index in [1.54, 1.807) is 35.5 Å². The molecule has 8 heteroatoms. The third kappa shape index (κ3) is 6.04. The van der Waals surface area contributed by atoms with E-state index in [1.807, 2.05) is 31.3 Å². The predicted molar refractivity (Wildman–Crippen MR) is 128 cm³/mol. The first kappa shape index (κ1) is 23.2. The van der Waals surface area contributed by atoms with Crippen molar-refractivity contribution in [1.82, 2.24) is 25.1 Å². The maximum Gasteiger partial charge on any atom is 0.228 e. The molecule has 0 fully saturated rings. The van der Waals surface area contributed by atoms with Gasteiger partial charge < -0.3 is 10.6 Å². The zero-order valence-corrected chi connectivity index (χ0v) is 18.9. The number of hydrogen-bond acceptors (Lipinski definition) is 5. The number of rotatable bonds is 10. The Morgan fingerprint density at radius 3 is 2.81 bits per heavy atom. The SMILES string of the molecule is C=CN/C=C\C(=C/C(CCC)c1ccc(Cl)c(F)c1)c1ccnc(Nc2ccnn2C)n1. The lowest BCUT2D eigenvalue weighted by Crippen LogP contribution is -2.04. The number of aryl methyl sites for hydroxylation is 1. The molecule has 3 rings (SSSR count). The summed E-state index contributed by atoms with van der Waals surface area (Å²) in [6, 6.07) is 8.63. The van der Waals surface area contributed by atoms with Crippen LogP contribution in [0.25, 0.3) is 5.57 Å². The third-order valence-electron chi connectivity index (χ3n) is 4.84. The van der Waals surface area contributed by atoms with Gasteiger partial charge in [-0.05, 0) is 48.0 Å². The van der Waals surface area contributed by atoms with Gasteiger partial charge in [0.15, 0.2) is 0 Å². The van der Waals surface area contributed by atoms with Crippen LogP contribution in [-0.4, -0.2) is 19.7 Å². The minimum Gasteiger partial charge on any atom is -0.368 e. The molecule has 1 unspecified atom stereocenters. The van der Waals surface area contributed by atoms with Crippen LogP contribution in [0.15, 0.2) is 73.9 Å². The van der Waals surface area contributed by atoms with E-state index in [9.17, 15) is 4.39 Å². The number of halogens is 2. The molecule has 3 aromatic rings. The average Bonchev–Trinajstić information content (AvgIpc) is 3.19. The first-order valence-electron chi connectivity index (χ1n) is 10.3. The quantitative estimate of drug-likeness (QED) is 0.371. The Morgan fingerprint density at radius 2 is 2.12 bits per heavy atom. The van der Waals surface area contributed by atoms with Crippen LogP contribution < -0.4 is 10.6 Å². The van der Waals surface area contributed by atoms with Gasteiger partial charge in [-0.25, -0.2) is 14.4 Å². The minimum absolute atomic E-state index is 0.0152. The normalized spacial score (nSPS) is 12.7. The Morgan fingerprint density at radius 1 is 1.28 bits per heavy atom. The predicted octanol–water partition coefficient (Wildman–Crippen LogP) is 5.96. The molecular formula is C24H26ClFN6. The summed E-state index contributed by atoms with van der Waals surface area (Å²) < 4.78 is 15.8. The van der Waals surface area contributed by atoms with E-state index in [0.717, 1.165) is 35.5 Å². The summed E-state index contributed by atoms with van der Waals surface area (Å²) in [5, 5.41) is 10.4. The topological polar surface area (TPSA) is 67.7 Å². The van der Waals surface area contributed by atoms with Crippen LogP contribution in [0.2, 0.25) is 5.02 Å². The molecule has 0 amide bonds. The van der Waals surface area contributed by atoms with Crippen molar-refractivity contribution in [2.24, 2.45) is 7.05 Å². The Bertz CT molecular complexity index is 1120. The molecule has 1 atom stereocenters. The number of anilines is 2. The monoisotopic (exact) mass is 452 g/mol. The number of nitrogens with zero attached hydrogens (tertiary/aromatic N) is 4. The van der Waals surface area contributed by atoms with Gasteiger partial charge in [-0.2, -0.15) is 5.10 Å². The molecule has 0 bridgehead atoms. The molecule has 32 heavy (non-hydrogen) atoms. The van der Waals surface area contributed by atoms with Gasteiger partial charge in [0, 0.05) is 31.4 Å². The van der Waals surface area contributed by atoms with Crippen molar-refractivity contribution < 1.29 is 4.39 Å². The standard InChI is InChI=1S/C24H26ClFN6/c1-4-6-17(18-7-8-20(25)21(26)16-18)15-19(9-12-27-5-2)22-10-13-28-24(30-22)31-23-11-14-29-32(23)3/h5,7-17,27H,2,4,6H2,1,3H3,(H,28,30,31)/b12-9-,19-15+. The highest BCUT2D eigenvalue weighted by molar-refractivity contribution is 6.30. The van der Waals surface area contributed by atoms with Gasteiger partial charge in [0.05, 0.1) is 16.9 Å². The summed E-state index contributed by atoms with van der Waals surface area (Å²) in [4.78, 5) is 8.99. The lowest BCUT2D eigenvalue weighted by atomic mass is 9.91. The van der Waals surface area contributed by atoms with Crippen LogP contribution in [0, 0.1) is 5.82 Å². The molecule has 0 radical (unpaired) electrons. The zero-order chi connectivity index (χ0) is 22.9. The Labute approximate surface area is 192 Å². The smallest absolute Gasteiger partial charge is 0.228 e. The van der Waals surface area contributed by atoms with Crippen LogP contribution in [0.1, 0.15) is 36.9 Å². The van der Waals surface area contributed by atoms with Crippen LogP contribution in [0.3, 0.4) is 0 Å². The molecule has 0 aliphatic heterocycles.